The Morgan fingerprint density at radius 2 is 1.72 bits per heavy atom. The van der Waals surface area contributed by atoms with Gasteiger partial charge in [0, 0.05) is 22.7 Å². The number of quaternary nitrogens is 1. The third-order valence-corrected chi connectivity index (χ3v) is 5.80. The van der Waals surface area contributed by atoms with E-state index in [9.17, 15) is 9.18 Å². The van der Waals surface area contributed by atoms with E-state index in [-0.39, 0.29) is 16.9 Å². The Balaban J connectivity index is 1.53. The number of fused-ring (bicyclic) bond motifs is 1. The fourth-order valence-electron chi connectivity index (χ4n) is 4.02. The van der Waals surface area contributed by atoms with Gasteiger partial charge in [0.25, 0.3) is 0 Å². The van der Waals surface area contributed by atoms with E-state index in [4.69, 9.17) is 4.42 Å². The molecule has 3 aromatic rings. The minimum absolute atomic E-state index is 0.0369. The second-order valence-corrected chi connectivity index (χ2v) is 8.94. The second-order valence-electron chi connectivity index (χ2n) is 8.94. The van der Waals surface area contributed by atoms with E-state index in [1.807, 2.05) is 24.3 Å². The number of benzene rings is 2. The highest BCUT2D eigenvalue weighted by molar-refractivity contribution is 5.81. The van der Waals surface area contributed by atoms with Gasteiger partial charge in [0.15, 0.2) is 0 Å². The molecule has 152 valence electrons. The van der Waals surface area contributed by atoms with Gasteiger partial charge in [-0.3, -0.25) is 0 Å². The van der Waals surface area contributed by atoms with Crippen molar-refractivity contribution in [1.82, 2.24) is 0 Å². The molecule has 1 aromatic heterocycles. The van der Waals surface area contributed by atoms with E-state index in [0.29, 0.717) is 5.58 Å². The zero-order valence-electron chi connectivity index (χ0n) is 17.3. The lowest BCUT2D eigenvalue weighted by Gasteiger charge is -2.33. The number of nitrogens with zero attached hydrogens (tertiary/aromatic N) is 1. The standard InChI is InChI=1S/C24H27FN2O2/c1-24(2,3)18-4-9-22-21(15-18)17(14-23(28)29-22)16-26-10-12-27(13-11-26)20-7-5-19(25)6-8-20/h4-9,14-15H,10-13,16H2,1-3H3/p+1. The molecule has 1 aliphatic rings. The molecular formula is C24H28FN2O2+. The monoisotopic (exact) mass is 395 g/mol. The first-order valence-electron chi connectivity index (χ1n) is 10.2. The lowest BCUT2D eigenvalue weighted by atomic mass is 9.86. The molecule has 0 unspecified atom stereocenters. The Bertz CT molecular complexity index is 1060. The molecule has 1 N–H and O–H groups in total. The van der Waals surface area contributed by atoms with Gasteiger partial charge in [-0.15, -0.1) is 0 Å². The summed E-state index contributed by atoms with van der Waals surface area (Å²) in [5.74, 6) is -0.206. The molecule has 0 radical (unpaired) electrons. The van der Waals surface area contributed by atoms with Crippen molar-refractivity contribution >= 4 is 16.7 Å². The molecular weight excluding hydrogens is 367 g/mol. The van der Waals surface area contributed by atoms with Gasteiger partial charge in [-0.05, 0) is 47.4 Å². The minimum Gasteiger partial charge on any atom is -0.423 e. The zero-order chi connectivity index (χ0) is 20.6. The van der Waals surface area contributed by atoms with Crippen molar-refractivity contribution in [3.63, 3.8) is 0 Å². The third-order valence-electron chi connectivity index (χ3n) is 5.80. The highest BCUT2D eigenvalue weighted by atomic mass is 19.1. The average Bonchev–Trinajstić information content (AvgIpc) is 2.68. The maximum absolute atomic E-state index is 13.2. The molecule has 0 spiro atoms. The van der Waals surface area contributed by atoms with E-state index in [1.165, 1.54) is 22.6 Å². The minimum atomic E-state index is -0.291. The molecule has 0 saturated carbocycles. The molecule has 2 aromatic carbocycles. The number of nitrogens with one attached hydrogen (secondary N) is 1. The van der Waals surface area contributed by atoms with Crippen LogP contribution in [0.5, 0.6) is 0 Å². The summed E-state index contributed by atoms with van der Waals surface area (Å²) in [5.41, 5.74) is 3.75. The smallest absolute Gasteiger partial charge is 0.336 e. The fraction of sp³-hybridized carbons (Fsp3) is 0.375. The van der Waals surface area contributed by atoms with Crippen molar-refractivity contribution < 1.29 is 13.7 Å². The fourth-order valence-corrected chi connectivity index (χ4v) is 4.02. The van der Waals surface area contributed by atoms with Crippen molar-refractivity contribution in [3.05, 3.63) is 75.9 Å². The quantitative estimate of drug-likeness (QED) is 0.693. The van der Waals surface area contributed by atoms with Crippen molar-refractivity contribution in [1.29, 1.82) is 0 Å². The van der Waals surface area contributed by atoms with Crippen LogP contribution in [0.4, 0.5) is 10.1 Å². The molecule has 1 fully saturated rings. The topological polar surface area (TPSA) is 37.9 Å². The molecule has 0 aliphatic carbocycles. The van der Waals surface area contributed by atoms with Crippen LogP contribution in [0.25, 0.3) is 11.0 Å². The first kappa shape index (κ1) is 19.6. The Morgan fingerprint density at radius 1 is 1.03 bits per heavy atom. The molecule has 0 atom stereocenters. The summed E-state index contributed by atoms with van der Waals surface area (Å²) in [7, 11) is 0. The van der Waals surface area contributed by atoms with Gasteiger partial charge >= 0.3 is 5.63 Å². The van der Waals surface area contributed by atoms with Gasteiger partial charge in [-0.25, -0.2) is 9.18 Å². The van der Waals surface area contributed by atoms with Crippen LogP contribution in [0, 0.1) is 5.82 Å². The van der Waals surface area contributed by atoms with Crippen LogP contribution in [0.2, 0.25) is 0 Å². The number of hydrogen-bond donors (Lipinski definition) is 1. The highest BCUT2D eigenvalue weighted by Crippen LogP contribution is 2.27. The Morgan fingerprint density at radius 3 is 2.38 bits per heavy atom. The molecule has 1 saturated heterocycles. The predicted molar refractivity (Wildman–Crippen MR) is 114 cm³/mol. The molecule has 2 heterocycles. The van der Waals surface area contributed by atoms with Gasteiger partial charge < -0.3 is 14.2 Å². The van der Waals surface area contributed by atoms with E-state index in [2.05, 4.69) is 31.7 Å². The van der Waals surface area contributed by atoms with Crippen LogP contribution >= 0.6 is 0 Å². The van der Waals surface area contributed by atoms with Gasteiger partial charge in [0.1, 0.15) is 17.9 Å². The number of halogens is 1. The van der Waals surface area contributed by atoms with Crippen LogP contribution < -0.4 is 15.4 Å². The molecule has 0 bridgehead atoms. The first-order valence-corrected chi connectivity index (χ1v) is 10.2. The van der Waals surface area contributed by atoms with E-state index in [0.717, 1.165) is 49.4 Å². The van der Waals surface area contributed by atoms with Crippen molar-refractivity contribution in [2.24, 2.45) is 0 Å². The number of rotatable bonds is 3. The van der Waals surface area contributed by atoms with Crippen molar-refractivity contribution in [3.8, 4) is 0 Å². The summed E-state index contributed by atoms with van der Waals surface area (Å²) in [6.45, 7) is 11.1. The Hall–Kier alpha value is -2.66. The molecule has 4 nitrogen and oxygen atoms in total. The molecule has 0 amide bonds. The molecule has 29 heavy (non-hydrogen) atoms. The van der Waals surface area contributed by atoms with Gasteiger partial charge in [-0.1, -0.05) is 26.8 Å². The molecule has 5 heteroatoms. The molecule has 1 aliphatic heterocycles. The summed E-state index contributed by atoms with van der Waals surface area (Å²) < 4.78 is 18.6. The molecule has 4 rings (SSSR count). The van der Waals surface area contributed by atoms with E-state index in [1.54, 1.807) is 6.07 Å². The lowest BCUT2D eigenvalue weighted by molar-refractivity contribution is -0.914. The summed E-state index contributed by atoms with van der Waals surface area (Å²) in [4.78, 5) is 15.8. The highest BCUT2D eigenvalue weighted by Gasteiger charge is 2.22. The Labute approximate surface area is 170 Å². The summed E-state index contributed by atoms with van der Waals surface area (Å²) in [5, 5.41) is 1.03. The number of hydrogen-bond acceptors (Lipinski definition) is 3. The van der Waals surface area contributed by atoms with Crippen LogP contribution in [-0.4, -0.2) is 26.2 Å². The second kappa shape index (κ2) is 7.64. The first-order chi connectivity index (χ1) is 13.8. The largest absolute Gasteiger partial charge is 0.423 e. The van der Waals surface area contributed by atoms with Crippen molar-refractivity contribution in [2.75, 3.05) is 31.1 Å². The number of anilines is 1. The summed E-state index contributed by atoms with van der Waals surface area (Å²) in [6, 6.07) is 14.5. The van der Waals surface area contributed by atoms with Crippen LogP contribution in [0.1, 0.15) is 31.9 Å². The van der Waals surface area contributed by atoms with Gasteiger partial charge in [-0.2, -0.15) is 0 Å². The third kappa shape index (κ3) is 4.35. The maximum atomic E-state index is 13.2. The van der Waals surface area contributed by atoms with Crippen LogP contribution in [0.15, 0.2) is 57.7 Å². The van der Waals surface area contributed by atoms with E-state index >= 15 is 0 Å². The normalized spacial score (nSPS) is 15.8. The summed E-state index contributed by atoms with van der Waals surface area (Å²) >= 11 is 0. The lowest BCUT2D eigenvalue weighted by Crippen LogP contribution is -3.13. The average molecular weight is 395 g/mol. The van der Waals surface area contributed by atoms with Crippen LogP contribution in [0.3, 0.4) is 0 Å². The van der Waals surface area contributed by atoms with Crippen molar-refractivity contribution in [2.45, 2.75) is 32.7 Å². The number of piperazine rings is 1. The Kier molecular flexibility index (Phi) is 5.17. The summed E-state index contributed by atoms with van der Waals surface area (Å²) in [6.07, 6.45) is 0. The zero-order valence-corrected chi connectivity index (χ0v) is 17.3. The van der Waals surface area contributed by atoms with Gasteiger partial charge in [0.05, 0.1) is 26.2 Å². The maximum Gasteiger partial charge on any atom is 0.336 e. The van der Waals surface area contributed by atoms with Gasteiger partial charge in [0.2, 0.25) is 0 Å². The van der Waals surface area contributed by atoms with E-state index < -0.39 is 0 Å². The van der Waals surface area contributed by atoms with Crippen LogP contribution in [-0.2, 0) is 12.0 Å². The predicted octanol–water partition coefficient (Wildman–Crippen LogP) is 3.13. The SMILES string of the molecule is CC(C)(C)c1ccc2oc(=O)cc(C[NH+]3CCN(c4ccc(F)cc4)CC3)c2c1.